The zero-order valence-electron chi connectivity index (χ0n) is 21.4. The summed E-state index contributed by atoms with van der Waals surface area (Å²) in [5, 5.41) is 32.6. The van der Waals surface area contributed by atoms with E-state index in [-0.39, 0.29) is 35.6 Å². The normalized spacial score (nSPS) is 15.0. The highest BCUT2D eigenvalue weighted by molar-refractivity contribution is 5.78. The summed E-state index contributed by atoms with van der Waals surface area (Å²) < 4.78 is 10.9. The predicted molar refractivity (Wildman–Crippen MR) is 140 cm³/mol. The molecule has 0 saturated carbocycles. The molecule has 198 valence electrons. The molecule has 2 aromatic carbocycles. The summed E-state index contributed by atoms with van der Waals surface area (Å²) in [6.07, 6.45) is 1.49. The van der Waals surface area contributed by atoms with E-state index in [0.717, 1.165) is 38.0 Å². The fourth-order valence-corrected chi connectivity index (χ4v) is 4.78. The highest BCUT2D eigenvalue weighted by Crippen LogP contribution is 2.37. The summed E-state index contributed by atoms with van der Waals surface area (Å²) in [6.45, 7) is 4.02. The highest BCUT2D eigenvalue weighted by Gasteiger charge is 2.28. The number of rotatable bonds is 8. The average Bonchev–Trinajstić information content (AvgIpc) is 2.91. The fraction of sp³-hybridized carbons (Fsp3) is 0.345. The first-order valence-electron chi connectivity index (χ1n) is 12.5. The number of piperidine rings is 1. The van der Waals surface area contributed by atoms with Gasteiger partial charge in [0.25, 0.3) is 0 Å². The van der Waals surface area contributed by atoms with E-state index in [0.29, 0.717) is 16.9 Å². The number of methoxy groups -OCH3 is 1. The summed E-state index contributed by atoms with van der Waals surface area (Å²) in [4.78, 5) is 27.8. The van der Waals surface area contributed by atoms with E-state index in [1.54, 1.807) is 19.1 Å². The Morgan fingerprint density at radius 3 is 2.55 bits per heavy atom. The molecule has 0 unspecified atom stereocenters. The van der Waals surface area contributed by atoms with E-state index >= 15 is 0 Å². The van der Waals surface area contributed by atoms with Crippen molar-refractivity contribution in [2.75, 3.05) is 20.2 Å². The minimum atomic E-state index is -0.770. The molecule has 9 heteroatoms. The molecule has 1 saturated heterocycles. The third-order valence-corrected chi connectivity index (χ3v) is 6.83. The second kappa shape index (κ2) is 11.8. The topological polar surface area (TPSA) is 136 Å². The second-order valence-corrected chi connectivity index (χ2v) is 9.55. The zero-order chi connectivity index (χ0) is 27.2. The molecule has 1 aromatic heterocycles. The highest BCUT2D eigenvalue weighted by atomic mass is 16.5. The van der Waals surface area contributed by atoms with Gasteiger partial charge in [-0.2, -0.15) is 5.26 Å². The van der Waals surface area contributed by atoms with Crippen molar-refractivity contribution in [1.82, 2.24) is 10.2 Å². The number of likely N-dealkylation sites (tertiary alicyclic amines) is 1. The molecule has 9 nitrogen and oxygen atoms in total. The molecule has 1 amide bonds. The van der Waals surface area contributed by atoms with Crippen LogP contribution < -0.4 is 15.5 Å². The number of ether oxygens (including phenoxy) is 1. The van der Waals surface area contributed by atoms with Crippen LogP contribution >= 0.6 is 0 Å². The number of nitrogens with zero attached hydrogens (tertiary/aromatic N) is 2. The lowest BCUT2D eigenvalue weighted by atomic mass is 9.91. The van der Waals surface area contributed by atoms with Gasteiger partial charge in [-0.3, -0.25) is 14.5 Å². The second-order valence-electron chi connectivity index (χ2n) is 9.55. The van der Waals surface area contributed by atoms with Gasteiger partial charge in [-0.1, -0.05) is 18.2 Å². The van der Waals surface area contributed by atoms with Gasteiger partial charge in [0.1, 0.15) is 5.76 Å². The monoisotopic (exact) mass is 517 g/mol. The Balaban J connectivity index is 1.44. The molecule has 3 aromatic rings. The number of carbonyl (C=O) groups is 1. The Bertz CT molecular complexity index is 1380. The number of aryl methyl sites for hydroxylation is 1. The first kappa shape index (κ1) is 26.8. The molecule has 1 atom stereocenters. The van der Waals surface area contributed by atoms with Gasteiger partial charge in [-0.25, -0.2) is 0 Å². The third kappa shape index (κ3) is 6.33. The van der Waals surface area contributed by atoms with Crippen LogP contribution in [0.15, 0.2) is 57.7 Å². The molecular weight excluding hydrogens is 486 g/mol. The van der Waals surface area contributed by atoms with Gasteiger partial charge in [0.05, 0.1) is 24.7 Å². The van der Waals surface area contributed by atoms with Crippen LogP contribution in [0, 0.1) is 18.3 Å². The number of phenols is 1. The van der Waals surface area contributed by atoms with Crippen molar-refractivity contribution in [2.24, 2.45) is 0 Å². The molecule has 0 aliphatic carbocycles. The SMILES string of the molecule is COc1cc([C@H](CC(=O)NC2CCN(Cc3ccc(C#N)cc3)CC2)c2oc(C)cc(=O)c2O)ccc1O. The van der Waals surface area contributed by atoms with Crippen LogP contribution in [0.4, 0.5) is 0 Å². The van der Waals surface area contributed by atoms with Gasteiger partial charge in [-0.15, -0.1) is 0 Å². The lowest BCUT2D eigenvalue weighted by molar-refractivity contribution is -0.122. The van der Waals surface area contributed by atoms with E-state index in [9.17, 15) is 19.8 Å². The van der Waals surface area contributed by atoms with Crippen LogP contribution in [-0.2, 0) is 11.3 Å². The average molecular weight is 518 g/mol. The molecule has 1 aliphatic heterocycles. The molecule has 2 heterocycles. The number of hydrogen-bond donors (Lipinski definition) is 3. The molecule has 1 aliphatic rings. The molecule has 0 radical (unpaired) electrons. The molecular formula is C29H31N3O6. The van der Waals surface area contributed by atoms with Crippen molar-refractivity contribution in [3.8, 4) is 23.3 Å². The number of hydrogen-bond acceptors (Lipinski definition) is 8. The lowest BCUT2D eigenvalue weighted by Gasteiger charge is -2.32. The van der Waals surface area contributed by atoms with Crippen LogP contribution in [0.5, 0.6) is 17.2 Å². The van der Waals surface area contributed by atoms with E-state index < -0.39 is 17.1 Å². The molecule has 3 N–H and O–H groups in total. The Hall–Kier alpha value is -4.29. The number of benzene rings is 2. The minimum Gasteiger partial charge on any atom is -0.504 e. The van der Waals surface area contributed by atoms with Crippen LogP contribution in [0.25, 0.3) is 0 Å². The van der Waals surface area contributed by atoms with Gasteiger partial charge in [0.2, 0.25) is 17.1 Å². The van der Waals surface area contributed by atoms with Crippen molar-refractivity contribution in [2.45, 2.75) is 44.7 Å². The van der Waals surface area contributed by atoms with E-state index in [4.69, 9.17) is 14.4 Å². The van der Waals surface area contributed by atoms with Crippen molar-refractivity contribution < 1.29 is 24.2 Å². The third-order valence-electron chi connectivity index (χ3n) is 6.83. The van der Waals surface area contributed by atoms with Crippen molar-refractivity contribution in [3.63, 3.8) is 0 Å². The maximum atomic E-state index is 13.2. The maximum absolute atomic E-state index is 13.2. The number of phenolic OH excluding ortho intramolecular Hbond substituents is 1. The largest absolute Gasteiger partial charge is 0.504 e. The maximum Gasteiger partial charge on any atom is 0.227 e. The van der Waals surface area contributed by atoms with Gasteiger partial charge in [0, 0.05) is 38.2 Å². The van der Waals surface area contributed by atoms with Gasteiger partial charge < -0.3 is 24.7 Å². The zero-order valence-corrected chi connectivity index (χ0v) is 21.4. The van der Waals surface area contributed by atoms with Crippen LogP contribution in [0.1, 0.15) is 53.4 Å². The van der Waals surface area contributed by atoms with Crippen molar-refractivity contribution >= 4 is 5.91 Å². The molecule has 0 spiro atoms. The number of nitrogens with one attached hydrogen (secondary N) is 1. The van der Waals surface area contributed by atoms with Crippen molar-refractivity contribution in [3.05, 3.63) is 87.0 Å². The Kier molecular flexibility index (Phi) is 8.34. The van der Waals surface area contributed by atoms with Crippen molar-refractivity contribution in [1.29, 1.82) is 5.26 Å². The van der Waals surface area contributed by atoms with Gasteiger partial charge in [-0.05, 0) is 55.2 Å². The standard InChI is InChI=1S/C29H31N3O6/c1-18-13-25(34)28(36)29(38-18)23(21-7-8-24(33)26(14-21)37-2)15-27(35)31-22-9-11-32(12-10-22)17-20-5-3-19(16-30)4-6-20/h3-8,13-14,22-23,33,36H,9-12,15,17H2,1-2H3,(H,31,35)/t23-/m0/s1. The minimum absolute atomic E-state index is 0.00451. The number of nitriles is 1. The van der Waals surface area contributed by atoms with Crippen LogP contribution in [0.2, 0.25) is 0 Å². The first-order chi connectivity index (χ1) is 18.3. The number of carbonyl (C=O) groups excluding carboxylic acids is 1. The van der Waals surface area contributed by atoms with Crippen LogP contribution in [0.3, 0.4) is 0 Å². The van der Waals surface area contributed by atoms with E-state index in [1.807, 2.05) is 24.3 Å². The fourth-order valence-electron chi connectivity index (χ4n) is 4.78. The van der Waals surface area contributed by atoms with Gasteiger partial charge >= 0.3 is 0 Å². The Morgan fingerprint density at radius 1 is 1.18 bits per heavy atom. The molecule has 1 fully saturated rings. The summed E-state index contributed by atoms with van der Waals surface area (Å²) in [5.41, 5.74) is 1.74. The predicted octanol–water partition coefficient (Wildman–Crippen LogP) is 3.54. The Morgan fingerprint density at radius 2 is 1.89 bits per heavy atom. The van der Waals surface area contributed by atoms with E-state index in [2.05, 4.69) is 16.3 Å². The Labute approximate surface area is 220 Å². The number of aromatic hydroxyl groups is 2. The summed E-state index contributed by atoms with van der Waals surface area (Å²) in [5.74, 6) is -1.11. The molecule has 0 bridgehead atoms. The van der Waals surface area contributed by atoms with E-state index in [1.165, 1.54) is 19.2 Å². The van der Waals surface area contributed by atoms with Crippen LogP contribution in [-0.4, -0.2) is 47.3 Å². The first-order valence-corrected chi connectivity index (χ1v) is 12.5. The quantitative estimate of drug-likeness (QED) is 0.413. The smallest absolute Gasteiger partial charge is 0.227 e. The summed E-state index contributed by atoms with van der Waals surface area (Å²) >= 11 is 0. The lowest BCUT2D eigenvalue weighted by Crippen LogP contribution is -2.44. The number of amides is 1. The summed E-state index contributed by atoms with van der Waals surface area (Å²) in [6, 6.07) is 15.5. The van der Waals surface area contributed by atoms with Gasteiger partial charge in [0.15, 0.2) is 17.3 Å². The molecule has 38 heavy (non-hydrogen) atoms. The molecule has 4 rings (SSSR count). The summed E-state index contributed by atoms with van der Waals surface area (Å²) in [7, 11) is 1.42.